The molecule has 1 aromatic rings. The molecule has 14 heavy (non-hydrogen) atoms. The van der Waals surface area contributed by atoms with E-state index in [1.165, 1.54) is 6.07 Å². The van der Waals surface area contributed by atoms with Crippen molar-refractivity contribution in [3.05, 3.63) is 35.1 Å². The van der Waals surface area contributed by atoms with E-state index in [4.69, 9.17) is 5.73 Å². The molecular formula is C12H18FN. The van der Waals surface area contributed by atoms with E-state index in [-0.39, 0.29) is 17.8 Å². The van der Waals surface area contributed by atoms with Crippen LogP contribution in [0.5, 0.6) is 0 Å². The highest BCUT2D eigenvalue weighted by molar-refractivity contribution is 5.26. The molecule has 2 atom stereocenters. The number of halogens is 1. The Hall–Kier alpha value is -0.890. The van der Waals surface area contributed by atoms with Crippen molar-refractivity contribution in [2.75, 3.05) is 0 Å². The quantitative estimate of drug-likeness (QED) is 0.788. The molecule has 2 N–H and O–H groups in total. The monoisotopic (exact) mass is 195 g/mol. The Balaban J connectivity index is 2.88. The molecule has 2 unspecified atom stereocenters. The van der Waals surface area contributed by atoms with Crippen LogP contribution in [0.4, 0.5) is 4.39 Å². The van der Waals surface area contributed by atoms with Gasteiger partial charge in [0, 0.05) is 6.04 Å². The van der Waals surface area contributed by atoms with Crippen molar-refractivity contribution in [3.8, 4) is 0 Å². The van der Waals surface area contributed by atoms with Crippen molar-refractivity contribution in [1.29, 1.82) is 0 Å². The van der Waals surface area contributed by atoms with Gasteiger partial charge < -0.3 is 5.73 Å². The van der Waals surface area contributed by atoms with E-state index in [0.717, 1.165) is 17.5 Å². The lowest BCUT2D eigenvalue weighted by molar-refractivity contribution is 0.542. The van der Waals surface area contributed by atoms with Gasteiger partial charge in [0.15, 0.2) is 0 Å². The van der Waals surface area contributed by atoms with Crippen LogP contribution in [-0.2, 0) is 0 Å². The highest BCUT2D eigenvalue weighted by Crippen LogP contribution is 2.23. The average Bonchev–Trinajstić information content (AvgIpc) is 2.08. The third-order valence-electron chi connectivity index (χ3n) is 2.41. The van der Waals surface area contributed by atoms with Gasteiger partial charge in [0.2, 0.25) is 0 Å². The molecule has 0 saturated carbocycles. The summed E-state index contributed by atoms with van der Waals surface area (Å²) in [6.07, 6.45) is 0.820. The number of nitrogens with two attached hydrogens (primary N) is 1. The van der Waals surface area contributed by atoms with Gasteiger partial charge in [0.1, 0.15) is 5.82 Å². The standard InChI is InChI=1S/C12H18FN/c1-8-4-5-12(13)11(6-8)9(2)7-10(3)14/h4-6,9-10H,7,14H2,1-3H3. The largest absolute Gasteiger partial charge is 0.328 e. The van der Waals surface area contributed by atoms with Gasteiger partial charge in [0.25, 0.3) is 0 Å². The third-order valence-corrected chi connectivity index (χ3v) is 2.41. The summed E-state index contributed by atoms with van der Waals surface area (Å²) < 4.78 is 13.4. The number of rotatable bonds is 3. The first-order chi connectivity index (χ1) is 6.50. The van der Waals surface area contributed by atoms with E-state index in [0.29, 0.717) is 0 Å². The molecule has 1 nitrogen and oxygen atoms in total. The maximum Gasteiger partial charge on any atom is 0.126 e. The molecule has 0 aliphatic carbocycles. The number of aryl methyl sites for hydroxylation is 1. The summed E-state index contributed by atoms with van der Waals surface area (Å²) in [4.78, 5) is 0. The van der Waals surface area contributed by atoms with Crippen LogP contribution in [0.2, 0.25) is 0 Å². The Kier molecular flexibility index (Phi) is 3.64. The first kappa shape index (κ1) is 11.2. The molecule has 1 aromatic carbocycles. The summed E-state index contributed by atoms with van der Waals surface area (Å²) in [5, 5.41) is 0. The molecule has 78 valence electrons. The van der Waals surface area contributed by atoms with Crippen LogP contribution in [0.15, 0.2) is 18.2 Å². The van der Waals surface area contributed by atoms with E-state index in [1.54, 1.807) is 6.07 Å². The molecular weight excluding hydrogens is 177 g/mol. The fourth-order valence-electron chi connectivity index (χ4n) is 1.73. The molecule has 0 fully saturated rings. The number of hydrogen-bond donors (Lipinski definition) is 1. The van der Waals surface area contributed by atoms with E-state index in [1.807, 2.05) is 26.8 Å². The van der Waals surface area contributed by atoms with Crippen LogP contribution >= 0.6 is 0 Å². The van der Waals surface area contributed by atoms with Gasteiger partial charge in [-0.2, -0.15) is 0 Å². The SMILES string of the molecule is Cc1ccc(F)c(C(C)CC(C)N)c1. The van der Waals surface area contributed by atoms with Gasteiger partial charge in [-0.05, 0) is 37.8 Å². The van der Waals surface area contributed by atoms with Crippen LogP contribution < -0.4 is 5.73 Å². The summed E-state index contributed by atoms with van der Waals surface area (Å²) in [5.41, 5.74) is 7.57. The van der Waals surface area contributed by atoms with Gasteiger partial charge in [0.05, 0.1) is 0 Å². The summed E-state index contributed by atoms with van der Waals surface area (Å²) >= 11 is 0. The fraction of sp³-hybridized carbons (Fsp3) is 0.500. The Morgan fingerprint density at radius 2 is 2.00 bits per heavy atom. The summed E-state index contributed by atoms with van der Waals surface area (Å²) in [6.45, 7) is 5.94. The predicted molar refractivity (Wildman–Crippen MR) is 57.8 cm³/mol. The van der Waals surface area contributed by atoms with E-state index >= 15 is 0 Å². The molecule has 0 heterocycles. The first-order valence-electron chi connectivity index (χ1n) is 5.02. The molecule has 0 amide bonds. The highest BCUT2D eigenvalue weighted by atomic mass is 19.1. The lowest BCUT2D eigenvalue weighted by atomic mass is 9.93. The molecule has 0 aromatic heterocycles. The Labute approximate surface area is 85.1 Å². The highest BCUT2D eigenvalue weighted by Gasteiger charge is 2.12. The van der Waals surface area contributed by atoms with Crippen molar-refractivity contribution in [1.82, 2.24) is 0 Å². The molecule has 0 radical (unpaired) electrons. The predicted octanol–water partition coefficient (Wildman–Crippen LogP) is 2.97. The number of hydrogen-bond acceptors (Lipinski definition) is 1. The molecule has 1 rings (SSSR count). The van der Waals surface area contributed by atoms with Gasteiger partial charge >= 0.3 is 0 Å². The minimum Gasteiger partial charge on any atom is -0.328 e. The van der Waals surface area contributed by atoms with Crippen molar-refractivity contribution in [2.45, 2.75) is 39.2 Å². The van der Waals surface area contributed by atoms with Gasteiger partial charge in [-0.25, -0.2) is 4.39 Å². The minimum atomic E-state index is -0.122. The topological polar surface area (TPSA) is 26.0 Å². The summed E-state index contributed by atoms with van der Waals surface area (Å²) in [5.74, 6) is 0.0682. The van der Waals surface area contributed by atoms with Crippen LogP contribution in [0, 0.1) is 12.7 Å². The van der Waals surface area contributed by atoms with Gasteiger partial charge in [-0.15, -0.1) is 0 Å². The van der Waals surface area contributed by atoms with Crippen LogP contribution in [0.1, 0.15) is 37.3 Å². The third kappa shape index (κ3) is 2.81. The normalized spacial score (nSPS) is 15.2. The van der Waals surface area contributed by atoms with Crippen molar-refractivity contribution in [2.24, 2.45) is 5.73 Å². The maximum absolute atomic E-state index is 13.4. The Bertz CT molecular complexity index is 307. The Morgan fingerprint density at radius 3 is 2.57 bits per heavy atom. The van der Waals surface area contributed by atoms with E-state index in [9.17, 15) is 4.39 Å². The summed E-state index contributed by atoms with van der Waals surface area (Å²) in [7, 11) is 0. The Morgan fingerprint density at radius 1 is 1.36 bits per heavy atom. The second-order valence-electron chi connectivity index (χ2n) is 4.14. The second-order valence-corrected chi connectivity index (χ2v) is 4.14. The molecule has 0 bridgehead atoms. The second kappa shape index (κ2) is 4.56. The van der Waals surface area contributed by atoms with Gasteiger partial charge in [-0.1, -0.05) is 24.6 Å². The zero-order valence-electron chi connectivity index (χ0n) is 9.05. The zero-order valence-corrected chi connectivity index (χ0v) is 9.05. The first-order valence-corrected chi connectivity index (χ1v) is 5.02. The lowest BCUT2D eigenvalue weighted by Gasteiger charge is -2.15. The average molecular weight is 195 g/mol. The van der Waals surface area contributed by atoms with Crippen LogP contribution in [0.3, 0.4) is 0 Å². The van der Waals surface area contributed by atoms with Crippen molar-refractivity contribution in [3.63, 3.8) is 0 Å². The lowest BCUT2D eigenvalue weighted by Crippen LogP contribution is -2.18. The van der Waals surface area contributed by atoms with Crippen LogP contribution in [-0.4, -0.2) is 6.04 Å². The van der Waals surface area contributed by atoms with E-state index in [2.05, 4.69) is 0 Å². The van der Waals surface area contributed by atoms with E-state index < -0.39 is 0 Å². The maximum atomic E-state index is 13.4. The molecule has 0 aliphatic rings. The molecule has 0 spiro atoms. The molecule has 0 saturated heterocycles. The molecule has 2 heteroatoms. The van der Waals surface area contributed by atoms with Crippen molar-refractivity contribution < 1.29 is 4.39 Å². The zero-order chi connectivity index (χ0) is 10.7. The smallest absolute Gasteiger partial charge is 0.126 e. The summed E-state index contributed by atoms with van der Waals surface area (Å²) in [6, 6.07) is 5.34. The fourth-order valence-corrected chi connectivity index (χ4v) is 1.73. The van der Waals surface area contributed by atoms with Crippen LogP contribution in [0.25, 0.3) is 0 Å². The minimum absolute atomic E-state index is 0.116. The van der Waals surface area contributed by atoms with Crippen molar-refractivity contribution >= 4 is 0 Å². The number of benzene rings is 1. The molecule has 0 aliphatic heterocycles. The van der Waals surface area contributed by atoms with Gasteiger partial charge in [-0.3, -0.25) is 0 Å².